The number of hydrogen-bond acceptors (Lipinski definition) is 4. The van der Waals surface area contributed by atoms with Crippen molar-refractivity contribution in [3.05, 3.63) is 35.5 Å². The van der Waals surface area contributed by atoms with Crippen LogP contribution in [-0.2, 0) is 9.84 Å². The molecule has 6 nitrogen and oxygen atoms in total. The first-order valence-corrected chi connectivity index (χ1v) is 10.5. The van der Waals surface area contributed by atoms with E-state index in [2.05, 4.69) is 41.2 Å². The maximum atomic E-state index is 12.3. The Bertz CT molecular complexity index is 857. The minimum Gasteiger partial charge on any atom is -0.351 e. The van der Waals surface area contributed by atoms with Gasteiger partial charge < -0.3 is 10.3 Å². The molecule has 2 aromatic rings. The highest BCUT2D eigenvalue weighted by molar-refractivity contribution is 7.91. The van der Waals surface area contributed by atoms with E-state index in [0.29, 0.717) is 37.8 Å². The number of aromatic amines is 1. The van der Waals surface area contributed by atoms with Gasteiger partial charge in [0.05, 0.1) is 11.5 Å². The number of carbonyl (C=O) groups excluding carboxylic acids is 1. The third-order valence-electron chi connectivity index (χ3n) is 4.71. The van der Waals surface area contributed by atoms with Crippen LogP contribution in [0.2, 0.25) is 0 Å². The first kappa shape index (κ1) is 17.9. The fraction of sp³-hybridized carbons (Fsp3) is 0.500. The van der Waals surface area contributed by atoms with Crippen LogP contribution in [0.15, 0.2) is 24.3 Å². The lowest BCUT2D eigenvalue weighted by Crippen LogP contribution is -2.43. The molecule has 0 radical (unpaired) electrons. The van der Waals surface area contributed by atoms with Gasteiger partial charge in [0.15, 0.2) is 9.84 Å². The van der Waals surface area contributed by atoms with E-state index in [-0.39, 0.29) is 17.4 Å². The summed E-state index contributed by atoms with van der Waals surface area (Å²) in [6.07, 6.45) is 0. The van der Waals surface area contributed by atoms with E-state index in [1.165, 1.54) is 5.56 Å². The Hall–Kier alpha value is -1.86. The molecule has 2 N–H and O–H groups in total. The Morgan fingerprint density at radius 1 is 1.24 bits per heavy atom. The average molecular weight is 363 g/mol. The summed E-state index contributed by atoms with van der Waals surface area (Å²) in [6.45, 7) is 6.54. The maximum absolute atomic E-state index is 12.3. The van der Waals surface area contributed by atoms with Gasteiger partial charge in [-0.25, -0.2) is 8.42 Å². The van der Waals surface area contributed by atoms with Gasteiger partial charge in [-0.15, -0.1) is 0 Å². The van der Waals surface area contributed by atoms with E-state index in [4.69, 9.17) is 0 Å². The average Bonchev–Trinajstić information content (AvgIpc) is 2.99. The molecule has 25 heavy (non-hydrogen) atoms. The Balaban J connectivity index is 1.55. The number of nitrogens with zero attached hydrogens (tertiary/aromatic N) is 1. The molecule has 7 heteroatoms. The fourth-order valence-corrected chi connectivity index (χ4v) is 4.30. The van der Waals surface area contributed by atoms with Gasteiger partial charge in [0.25, 0.3) is 5.91 Å². The molecule has 2 heterocycles. The Kier molecular flexibility index (Phi) is 5.15. The quantitative estimate of drug-likeness (QED) is 0.848. The summed E-state index contributed by atoms with van der Waals surface area (Å²) in [5.41, 5.74) is 2.76. The van der Waals surface area contributed by atoms with Crippen LogP contribution >= 0.6 is 0 Å². The van der Waals surface area contributed by atoms with E-state index in [1.54, 1.807) is 0 Å². The minimum absolute atomic E-state index is 0.132. The zero-order chi connectivity index (χ0) is 18.0. The zero-order valence-electron chi connectivity index (χ0n) is 14.7. The van der Waals surface area contributed by atoms with Gasteiger partial charge in [0, 0.05) is 37.1 Å². The van der Waals surface area contributed by atoms with Crippen LogP contribution in [0.5, 0.6) is 0 Å². The largest absolute Gasteiger partial charge is 0.351 e. The van der Waals surface area contributed by atoms with Crippen LogP contribution in [-0.4, -0.2) is 61.9 Å². The van der Waals surface area contributed by atoms with Gasteiger partial charge in [-0.2, -0.15) is 0 Å². The molecule has 0 atom stereocenters. The first-order valence-electron chi connectivity index (χ1n) is 8.68. The second-order valence-electron chi connectivity index (χ2n) is 6.93. The number of hydrogen-bond donors (Lipinski definition) is 2. The molecule has 3 rings (SSSR count). The Morgan fingerprint density at radius 3 is 2.64 bits per heavy atom. The van der Waals surface area contributed by atoms with Crippen molar-refractivity contribution in [1.82, 2.24) is 15.2 Å². The van der Waals surface area contributed by atoms with E-state index in [0.717, 1.165) is 10.9 Å². The Morgan fingerprint density at radius 2 is 1.96 bits per heavy atom. The molecule has 1 aliphatic heterocycles. The lowest BCUT2D eigenvalue weighted by molar-refractivity contribution is 0.0944. The summed E-state index contributed by atoms with van der Waals surface area (Å²) < 4.78 is 22.8. The number of benzene rings is 1. The van der Waals surface area contributed by atoms with Crippen molar-refractivity contribution >= 4 is 26.6 Å². The second kappa shape index (κ2) is 7.17. The van der Waals surface area contributed by atoms with E-state index in [1.807, 2.05) is 12.1 Å². The molecule has 1 aromatic heterocycles. The summed E-state index contributed by atoms with van der Waals surface area (Å²) in [4.78, 5) is 17.6. The zero-order valence-corrected chi connectivity index (χ0v) is 15.5. The van der Waals surface area contributed by atoms with Gasteiger partial charge in [-0.3, -0.25) is 9.69 Å². The number of rotatable bonds is 5. The SMILES string of the molecule is CC(C)c1ccc2cc(C(=O)NCCN3CCS(=O)(=O)CC3)[nH]c2c1. The number of aromatic nitrogens is 1. The molecule has 1 fully saturated rings. The monoisotopic (exact) mass is 363 g/mol. The van der Waals surface area contributed by atoms with E-state index >= 15 is 0 Å². The van der Waals surface area contributed by atoms with Crippen LogP contribution in [0, 0.1) is 0 Å². The normalized spacial score (nSPS) is 17.9. The summed E-state index contributed by atoms with van der Waals surface area (Å²) in [5, 5.41) is 3.93. The third-order valence-corrected chi connectivity index (χ3v) is 6.32. The summed E-state index contributed by atoms with van der Waals surface area (Å²) in [7, 11) is -2.86. The number of fused-ring (bicyclic) bond motifs is 1. The van der Waals surface area contributed by atoms with Gasteiger partial charge in [-0.05, 0) is 23.6 Å². The van der Waals surface area contributed by atoms with Gasteiger partial charge >= 0.3 is 0 Å². The predicted octanol–water partition coefficient (Wildman–Crippen LogP) is 1.75. The third kappa shape index (κ3) is 4.41. The molecule has 0 saturated carbocycles. The predicted molar refractivity (Wildman–Crippen MR) is 99.8 cm³/mol. The minimum atomic E-state index is -2.86. The van der Waals surface area contributed by atoms with Crippen molar-refractivity contribution in [3.63, 3.8) is 0 Å². The van der Waals surface area contributed by atoms with Crippen molar-refractivity contribution < 1.29 is 13.2 Å². The van der Waals surface area contributed by atoms with Crippen molar-refractivity contribution in [2.75, 3.05) is 37.7 Å². The van der Waals surface area contributed by atoms with Gasteiger partial charge in [0.2, 0.25) is 0 Å². The lowest BCUT2D eigenvalue weighted by atomic mass is 10.0. The molecule has 1 amide bonds. The van der Waals surface area contributed by atoms with Crippen LogP contribution in [0.4, 0.5) is 0 Å². The number of amides is 1. The van der Waals surface area contributed by atoms with Crippen molar-refractivity contribution in [1.29, 1.82) is 0 Å². The van der Waals surface area contributed by atoms with Gasteiger partial charge in [-0.1, -0.05) is 26.0 Å². The second-order valence-corrected chi connectivity index (χ2v) is 9.24. The molecule has 136 valence electrons. The number of sulfone groups is 1. The topological polar surface area (TPSA) is 82.3 Å². The molecule has 1 saturated heterocycles. The molecule has 1 aliphatic rings. The molecular weight excluding hydrogens is 338 g/mol. The first-order chi connectivity index (χ1) is 11.8. The van der Waals surface area contributed by atoms with Crippen LogP contribution in [0.1, 0.15) is 35.8 Å². The molecule has 1 aromatic carbocycles. The number of H-pyrrole nitrogens is 1. The molecular formula is C18H25N3O3S. The van der Waals surface area contributed by atoms with E-state index < -0.39 is 9.84 Å². The Labute approximate surface area is 148 Å². The number of carbonyl (C=O) groups is 1. The molecule has 0 aliphatic carbocycles. The van der Waals surface area contributed by atoms with Gasteiger partial charge in [0.1, 0.15) is 5.69 Å². The van der Waals surface area contributed by atoms with Crippen molar-refractivity contribution in [2.24, 2.45) is 0 Å². The van der Waals surface area contributed by atoms with E-state index in [9.17, 15) is 13.2 Å². The molecule has 0 spiro atoms. The highest BCUT2D eigenvalue weighted by Gasteiger charge is 2.21. The fourth-order valence-electron chi connectivity index (χ4n) is 3.02. The molecule has 0 bridgehead atoms. The summed E-state index contributed by atoms with van der Waals surface area (Å²) in [6, 6.07) is 8.08. The summed E-state index contributed by atoms with van der Waals surface area (Å²) in [5.74, 6) is 0.729. The standard InChI is InChI=1S/C18H25N3O3S/c1-13(2)14-3-4-15-12-17(20-16(15)11-14)18(22)19-5-6-21-7-9-25(23,24)10-8-21/h3-4,11-13,20H,5-10H2,1-2H3,(H,19,22). The van der Waals surface area contributed by atoms with Crippen LogP contribution < -0.4 is 5.32 Å². The lowest BCUT2D eigenvalue weighted by Gasteiger charge is -2.26. The van der Waals surface area contributed by atoms with Crippen LogP contribution in [0.3, 0.4) is 0 Å². The highest BCUT2D eigenvalue weighted by atomic mass is 32.2. The maximum Gasteiger partial charge on any atom is 0.267 e. The summed E-state index contributed by atoms with van der Waals surface area (Å²) >= 11 is 0. The van der Waals surface area contributed by atoms with Crippen molar-refractivity contribution in [2.45, 2.75) is 19.8 Å². The van der Waals surface area contributed by atoms with Crippen molar-refractivity contribution in [3.8, 4) is 0 Å². The molecule has 0 unspecified atom stereocenters. The van der Waals surface area contributed by atoms with Crippen LogP contribution in [0.25, 0.3) is 10.9 Å². The number of nitrogens with one attached hydrogen (secondary N) is 2. The smallest absolute Gasteiger partial charge is 0.267 e. The highest BCUT2D eigenvalue weighted by Crippen LogP contribution is 2.21.